The molecular weight excluding hydrogens is 853 g/mol. The third-order valence-electron chi connectivity index (χ3n) is 14.8. The van der Waals surface area contributed by atoms with Crippen LogP contribution in [0.3, 0.4) is 0 Å². The van der Waals surface area contributed by atoms with E-state index >= 15 is 0 Å². The predicted octanol–water partition coefficient (Wildman–Crippen LogP) is 20.2. The van der Waals surface area contributed by atoms with E-state index in [1.54, 1.807) is 0 Å². The molecule has 12 rings (SSSR count). The largest absolute Gasteiger partial charge is 0.454 e. The third-order valence-corrected chi connectivity index (χ3v) is 14.8. The van der Waals surface area contributed by atoms with E-state index < -0.39 is 0 Å². The van der Waals surface area contributed by atoms with Crippen LogP contribution in [0.25, 0.3) is 76.2 Å². The molecule has 0 spiro atoms. The van der Waals surface area contributed by atoms with Crippen LogP contribution in [0.4, 0.5) is 34.1 Å². The highest BCUT2D eigenvalue weighted by atomic mass is 16.3. The van der Waals surface area contributed by atoms with Crippen molar-refractivity contribution >= 4 is 110 Å². The minimum Gasteiger partial charge on any atom is -0.454 e. The van der Waals surface area contributed by atoms with Crippen LogP contribution in [-0.2, 0) is 10.8 Å². The highest BCUT2D eigenvalue weighted by Crippen LogP contribution is 2.53. The van der Waals surface area contributed by atoms with E-state index in [2.05, 4.69) is 249 Å². The van der Waals surface area contributed by atoms with Crippen molar-refractivity contribution in [2.24, 2.45) is 0 Å². The first kappa shape index (κ1) is 43.7. The summed E-state index contributed by atoms with van der Waals surface area (Å²) in [6.07, 6.45) is 0. The van der Waals surface area contributed by atoms with E-state index in [4.69, 9.17) is 8.83 Å². The molecule has 0 aliphatic rings. The van der Waals surface area contributed by atoms with Gasteiger partial charge < -0.3 is 18.6 Å². The summed E-state index contributed by atoms with van der Waals surface area (Å²) in [4.78, 5) is 4.88. The average molecular weight is 913 g/mol. The van der Waals surface area contributed by atoms with Crippen molar-refractivity contribution in [3.05, 3.63) is 192 Å². The van der Waals surface area contributed by atoms with E-state index in [0.717, 1.165) is 78.0 Å². The maximum atomic E-state index is 7.15. The second-order valence-corrected chi connectivity index (χ2v) is 22.1. The monoisotopic (exact) mass is 912 g/mol. The molecule has 4 heteroatoms. The van der Waals surface area contributed by atoms with Crippen molar-refractivity contribution in [2.45, 2.75) is 91.9 Å². The normalized spacial score (nSPS) is 12.7. The molecular formula is C66H60N2O2. The smallest absolute Gasteiger partial charge is 0.159 e. The van der Waals surface area contributed by atoms with Crippen molar-refractivity contribution in [3.8, 4) is 0 Å². The zero-order valence-electron chi connectivity index (χ0n) is 42.0. The Kier molecular flexibility index (Phi) is 9.99. The van der Waals surface area contributed by atoms with E-state index in [1.165, 1.54) is 54.6 Å². The van der Waals surface area contributed by atoms with Gasteiger partial charge in [-0.2, -0.15) is 0 Å². The number of benzene rings is 10. The maximum Gasteiger partial charge on any atom is 0.159 e. The zero-order chi connectivity index (χ0) is 48.4. The van der Waals surface area contributed by atoms with Crippen LogP contribution in [0.5, 0.6) is 0 Å². The molecule has 0 saturated carbocycles. The summed E-state index contributed by atoms with van der Waals surface area (Å²) in [6.45, 7) is 22.9. The molecule has 12 aromatic rings. The molecule has 2 heterocycles. The fourth-order valence-corrected chi connectivity index (χ4v) is 11.5. The van der Waals surface area contributed by atoms with E-state index in [1.807, 2.05) is 0 Å². The summed E-state index contributed by atoms with van der Waals surface area (Å²) in [5.74, 6) is 0.503. The molecule has 0 saturated heterocycles. The average Bonchev–Trinajstić information content (AvgIpc) is 3.93. The number of para-hydroxylation sites is 6. The van der Waals surface area contributed by atoms with Crippen molar-refractivity contribution in [2.75, 3.05) is 9.80 Å². The summed E-state index contributed by atoms with van der Waals surface area (Å²) >= 11 is 0. The molecule has 0 bridgehead atoms. The van der Waals surface area contributed by atoms with Gasteiger partial charge in [-0.1, -0.05) is 178 Å². The molecule has 0 radical (unpaired) electrons. The van der Waals surface area contributed by atoms with E-state index in [-0.39, 0.29) is 22.7 Å². The number of furan rings is 2. The first-order valence-corrected chi connectivity index (χ1v) is 25.1. The lowest BCUT2D eigenvalue weighted by Crippen LogP contribution is -2.12. The molecule has 0 atom stereocenters. The van der Waals surface area contributed by atoms with Gasteiger partial charge >= 0.3 is 0 Å². The molecule has 10 aromatic carbocycles. The van der Waals surface area contributed by atoms with Crippen molar-refractivity contribution < 1.29 is 8.83 Å². The third kappa shape index (κ3) is 6.71. The van der Waals surface area contributed by atoms with Gasteiger partial charge in [0.15, 0.2) is 11.2 Å². The van der Waals surface area contributed by atoms with Crippen LogP contribution in [0.2, 0.25) is 0 Å². The second kappa shape index (κ2) is 16.0. The topological polar surface area (TPSA) is 32.8 Å². The highest BCUT2D eigenvalue weighted by Gasteiger charge is 2.30. The summed E-state index contributed by atoms with van der Waals surface area (Å²) in [6, 6.07) is 62.6. The Morgan fingerprint density at radius 3 is 1.04 bits per heavy atom. The Bertz CT molecular complexity index is 3710. The molecule has 2 aromatic heterocycles. The fourth-order valence-electron chi connectivity index (χ4n) is 11.5. The number of anilines is 6. The molecule has 0 aliphatic heterocycles. The van der Waals surface area contributed by atoms with Gasteiger partial charge in [-0.25, -0.2) is 0 Å². The van der Waals surface area contributed by atoms with Gasteiger partial charge in [0.25, 0.3) is 0 Å². The first-order valence-electron chi connectivity index (χ1n) is 25.1. The Balaban J connectivity index is 1.19. The van der Waals surface area contributed by atoms with Crippen LogP contribution in [-0.4, -0.2) is 0 Å². The molecule has 4 nitrogen and oxygen atoms in total. The van der Waals surface area contributed by atoms with Gasteiger partial charge in [-0.3, -0.25) is 0 Å². The zero-order valence-corrected chi connectivity index (χ0v) is 42.0. The van der Waals surface area contributed by atoms with Gasteiger partial charge in [0, 0.05) is 54.8 Å². The second-order valence-electron chi connectivity index (χ2n) is 22.1. The predicted molar refractivity (Wildman–Crippen MR) is 300 cm³/mol. The van der Waals surface area contributed by atoms with Gasteiger partial charge in [0.1, 0.15) is 11.2 Å². The van der Waals surface area contributed by atoms with Gasteiger partial charge in [-0.15, -0.1) is 0 Å². The lowest BCUT2D eigenvalue weighted by Gasteiger charge is -2.31. The van der Waals surface area contributed by atoms with E-state index in [0.29, 0.717) is 0 Å². The van der Waals surface area contributed by atoms with Crippen LogP contribution in [0, 0.1) is 0 Å². The molecule has 0 amide bonds. The Hall–Kier alpha value is -7.56. The van der Waals surface area contributed by atoms with Gasteiger partial charge in [-0.05, 0) is 116 Å². The number of rotatable bonds is 8. The lowest BCUT2D eigenvalue weighted by atomic mass is 9.83. The molecule has 0 unspecified atom stereocenters. The Labute approximate surface area is 411 Å². The number of hydrogen-bond acceptors (Lipinski definition) is 4. The molecule has 346 valence electrons. The van der Waals surface area contributed by atoms with Gasteiger partial charge in [0.2, 0.25) is 0 Å². The first-order chi connectivity index (χ1) is 33.7. The van der Waals surface area contributed by atoms with Crippen molar-refractivity contribution in [1.29, 1.82) is 0 Å². The molecule has 0 aliphatic carbocycles. The molecule has 0 fully saturated rings. The van der Waals surface area contributed by atoms with Crippen LogP contribution < -0.4 is 9.80 Å². The SMILES string of the molecule is CC(C)c1cc2c(N(c3ccccc3)c3cccc4c3oc3c(C(C)(C)C)cccc34)ccc3c(C(C)C)cc4c(N(c5ccccc5)c5cccc6c5oc5c(C(C)(C)C)cccc56)ccc1c4c32. The summed E-state index contributed by atoms with van der Waals surface area (Å²) < 4.78 is 14.3. The van der Waals surface area contributed by atoms with Crippen LogP contribution in [0.15, 0.2) is 179 Å². The summed E-state index contributed by atoms with van der Waals surface area (Å²) in [5, 5.41) is 12.0. The Morgan fingerprint density at radius 1 is 0.329 bits per heavy atom. The Morgan fingerprint density at radius 2 is 0.686 bits per heavy atom. The van der Waals surface area contributed by atoms with Crippen LogP contribution >= 0.6 is 0 Å². The summed E-state index contributed by atoms with van der Waals surface area (Å²) in [7, 11) is 0. The standard InChI is InChI=1S/C66H60N2O2/c1-39(2)49-37-51-55(67(41-21-13-11-14-22-41)57-31-19-27-47-45-25-17-29-53(65(5,6)7)61(45)69-63(47)57)36-34-44-50(40(3)4)38-52-56(35-33-43(49)59(52)60(44)51)68(42-23-15-12-16-24-42)58-32-20-28-48-46-26-18-30-54(66(8,9)10)62(46)70-64(48)58/h11-40H,1-10H3. The maximum absolute atomic E-state index is 7.15. The quantitative estimate of drug-likeness (QED) is 0.142. The number of fused-ring (bicyclic) bond motifs is 6. The number of hydrogen-bond donors (Lipinski definition) is 0. The molecule has 0 N–H and O–H groups in total. The summed E-state index contributed by atoms with van der Waals surface area (Å²) in [5.41, 5.74) is 14.9. The molecule has 70 heavy (non-hydrogen) atoms. The van der Waals surface area contributed by atoms with Crippen molar-refractivity contribution in [1.82, 2.24) is 0 Å². The van der Waals surface area contributed by atoms with Crippen LogP contribution in [0.1, 0.15) is 103 Å². The van der Waals surface area contributed by atoms with Crippen molar-refractivity contribution in [3.63, 3.8) is 0 Å². The fraction of sp³-hybridized carbons (Fsp3) is 0.212. The lowest BCUT2D eigenvalue weighted by molar-refractivity contribution is 0.572. The van der Waals surface area contributed by atoms with E-state index in [9.17, 15) is 0 Å². The minimum absolute atomic E-state index is 0.0938. The number of nitrogens with zero attached hydrogens (tertiary/aromatic N) is 2. The minimum atomic E-state index is -0.0938. The highest BCUT2D eigenvalue weighted by molar-refractivity contribution is 6.30. The van der Waals surface area contributed by atoms with Gasteiger partial charge in [0.05, 0.1) is 22.7 Å².